The maximum atomic E-state index is 12.6. The van der Waals surface area contributed by atoms with Crippen LogP contribution in [0.25, 0.3) is 21.1 Å². The monoisotopic (exact) mass is 329 g/mol. The Labute approximate surface area is 138 Å². The van der Waals surface area contributed by atoms with Crippen molar-refractivity contribution in [3.05, 3.63) is 29.1 Å². The van der Waals surface area contributed by atoms with Crippen molar-refractivity contribution in [1.82, 2.24) is 9.88 Å². The molecule has 2 N–H and O–H groups in total. The highest BCUT2D eigenvalue weighted by Gasteiger charge is 2.21. The van der Waals surface area contributed by atoms with E-state index in [1.165, 1.54) is 11.3 Å². The van der Waals surface area contributed by atoms with Gasteiger partial charge >= 0.3 is 0 Å². The Balaban J connectivity index is 2.17. The third-order valence-corrected chi connectivity index (χ3v) is 5.07. The van der Waals surface area contributed by atoms with Crippen LogP contribution in [0.5, 0.6) is 5.75 Å². The molecule has 0 atom stereocenters. The number of methoxy groups -OCH3 is 1. The molecule has 0 aliphatic carbocycles. The molecule has 1 aromatic carbocycles. The van der Waals surface area contributed by atoms with Crippen molar-refractivity contribution in [2.45, 2.75) is 13.8 Å². The van der Waals surface area contributed by atoms with E-state index in [4.69, 9.17) is 10.5 Å². The number of hydrogen-bond acceptors (Lipinski definition) is 5. The third kappa shape index (κ3) is 2.59. The van der Waals surface area contributed by atoms with Gasteiger partial charge in [0.15, 0.2) is 0 Å². The average Bonchev–Trinajstić information content (AvgIpc) is 2.89. The number of anilines is 1. The minimum atomic E-state index is -0.0304. The highest BCUT2D eigenvalue weighted by molar-refractivity contribution is 7.21. The van der Waals surface area contributed by atoms with Crippen LogP contribution in [-0.2, 0) is 0 Å². The molecule has 0 bridgehead atoms. The summed E-state index contributed by atoms with van der Waals surface area (Å²) in [5.41, 5.74) is 7.59. The van der Waals surface area contributed by atoms with E-state index < -0.39 is 0 Å². The highest BCUT2D eigenvalue weighted by atomic mass is 32.1. The van der Waals surface area contributed by atoms with Crippen LogP contribution in [0.15, 0.2) is 24.3 Å². The van der Waals surface area contributed by atoms with Crippen LogP contribution in [-0.4, -0.2) is 36.0 Å². The molecule has 1 amide bonds. The number of fused-ring (bicyclic) bond motifs is 2. The van der Waals surface area contributed by atoms with E-state index in [-0.39, 0.29) is 5.91 Å². The number of hydrogen-bond donors (Lipinski definition) is 1. The van der Waals surface area contributed by atoms with Gasteiger partial charge in [0.25, 0.3) is 5.91 Å². The summed E-state index contributed by atoms with van der Waals surface area (Å²) in [5, 5.41) is 1.81. The van der Waals surface area contributed by atoms with E-state index >= 15 is 0 Å². The topological polar surface area (TPSA) is 68.5 Å². The number of amides is 1. The number of ether oxygens (including phenoxy) is 1. The van der Waals surface area contributed by atoms with Crippen LogP contribution in [0.4, 0.5) is 5.69 Å². The Kier molecular flexibility index (Phi) is 4.09. The molecule has 0 unspecified atom stereocenters. The Morgan fingerprint density at radius 1 is 1.30 bits per heavy atom. The van der Waals surface area contributed by atoms with Gasteiger partial charge in [-0.05, 0) is 32.0 Å². The molecule has 0 saturated heterocycles. The van der Waals surface area contributed by atoms with Crippen molar-refractivity contribution in [3.8, 4) is 5.75 Å². The zero-order valence-electron chi connectivity index (χ0n) is 13.4. The fraction of sp³-hybridized carbons (Fsp3) is 0.294. The fourth-order valence-corrected chi connectivity index (χ4v) is 3.67. The first-order chi connectivity index (χ1) is 11.1. The number of aromatic nitrogens is 1. The van der Waals surface area contributed by atoms with Crippen LogP contribution in [0.2, 0.25) is 0 Å². The first-order valence-corrected chi connectivity index (χ1v) is 8.36. The summed E-state index contributed by atoms with van der Waals surface area (Å²) in [6.07, 6.45) is 0. The second kappa shape index (κ2) is 6.04. The maximum absolute atomic E-state index is 12.6. The number of carbonyl (C=O) groups is 1. The largest absolute Gasteiger partial charge is 0.497 e. The van der Waals surface area contributed by atoms with Crippen molar-refractivity contribution in [2.24, 2.45) is 0 Å². The molecule has 3 rings (SSSR count). The van der Waals surface area contributed by atoms with Gasteiger partial charge in [-0.3, -0.25) is 4.79 Å². The molecule has 0 fully saturated rings. The van der Waals surface area contributed by atoms with Crippen molar-refractivity contribution < 1.29 is 9.53 Å². The summed E-state index contributed by atoms with van der Waals surface area (Å²) in [7, 11) is 1.63. The van der Waals surface area contributed by atoms with Crippen LogP contribution in [0.1, 0.15) is 23.5 Å². The number of nitrogens with zero attached hydrogens (tertiary/aromatic N) is 2. The summed E-state index contributed by atoms with van der Waals surface area (Å²) in [6, 6.07) is 7.71. The number of benzene rings is 1. The number of nitrogen functional groups attached to an aromatic ring is 1. The van der Waals surface area contributed by atoms with Crippen molar-refractivity contribution in [2.75, 3.05) is 25.9 Å². The Bertz CT molecular complexity index is 884. The smallest absolute Gasteiger partial charge is 0.266 e. The normalized spacial score (nSPS) is 11.1. The molecular weight excluding hydrogens is 310 g/mol. The second-order valence-corrected chi connectivity index (χ2v) is 6.22. The van der Waals surface area contributed by atoms with E-state index in [2.05, 4.69) is 4.98 Å². The molecule has 0 saturated carbocycles. The second-order valence-electron chi connectivity index (χ2n) is 5.22. The van der Waals surface area contributed by atoms with Gasteiger partial charge in [-0.1, -0.05) is 0 Å². The first kappa shape index (κ1) is 15.6. The SMILES string of the molecule is CCN(CC)C(=O)c1sc2nc3cc(OC)ccc3cc2c1N. The molecule has 5 nitrogen and oxygen atoms in total. The first-order valence-electron chi connectivity index (χ1n) is 7.55. The van der Waals surface area contributed by atoms with E-state index in [1.807, 2.05) is 38.1 Å². The lowest BCUT2D eigenvalue weighted by Crippen LogP contribution is -2.30. The van der Waals surface area contributed by atoms with Crippen molar-refractivity contribution in [1.29, 1.82) is 0 Å². The zero-order valence-corrected chi connectivity index (χ0v) is 14.2. The Morgan fingerprint density at radius 3 is 2.70 bits per heavy atom. The minimum Gasteiger partial charge on any atom is -0.497 e. The molecular formula is C17H19N3O2S. The van der Waals surface area contributed by atoms with Gasteiger partial charge in [-0.25, -0.2) is 4.98 Å². The molecule has 6 heteroatoms. The lowest BCUT2D eigenvalue weighted by Gasteiger charge is -2.17. The summed E-state index contributed by atoms with van der Waals surface area (Å²) in [5.74, 6) is 0.727. The van der Waals surface area contributed by atoms with Crippen LogP contribution < -0.4 is 10.5 Å². The van der Waals surface area contributed by atoms with Gasteiger partial charge in [0.2, 0.25) is 0 Å². The van der Waals surface area contributed by atoms with Gasteiger partial charge in [-0.2, -0.15) is 0 Å². The molecule has 2 heterocycles. The highest BCUT2D eigenvalue weighted by Crippen LogP contribution is 2.35. The van der Waals surface area contributed by atoms with Gasteiger partial charge in [-0.15, -0.1) is 11.3 Å². The van der Waals surface area contributed by atoms with Crippen LogP contribution >= 0.6 is 11.3 Å². The van der Waals surface area contributed by atoms with Crippen molar-refractivity contribution in [3.63, 3.8) is 0 Å². The standard InChI is InChI=1S/C17H19N3O2S/c1-4-20(5-2)17(21)15-14(18)12-8-10-6-7-11(22-3)9-13(10)19-16(12)23-15/h6-9H,4-5,18H2,1-3H3. The van der Waals surface area contributed by atoms with Gasteiger partial charge in [0, 0.05) is 29.9 Å². The lowest BCUT2D eigenvalue weighted by atomic mass is 10.1. The van der Waals surface area contributed by atoms with Gasteiger partial charge < -0.3 is 15.4 Å². The molecule has 0 spiro atoms. The Morgan fingerprint density at radius 2 is 2.04 bits per heavy atom. The summed E-state index contributed by atoms with van der Waals surface area (Å²) >= 11 is 1.35. The molecule has 120 valence electrons. The predicted molar refractivity (Wildman–Crippen MR) is 95.3 cm³/mol. The Hall–Kier alpha value is -2.34. The van der Waals surface area contributed by atoms with E-state index in [1.54, 1.807) is 12.0 Å². The summed E-state index contributed by atoms with van der Waals surface area (Å²) in [4.78, 5) is 20.4. The van der Waals surface area contributed by atoms with Crippen LogP contribution in [0.3, 0.4) is 0 Å². The maximum Gasteiger partial charge on any atom is 0.266 e. The van der Waals surface area contributed by atoms with Gasteiger partial charge in [0.05, 0.1) is 18.3 Å². The molecule has 0 radical (unpaired) electrons. The number of rotatable bonds is 4. The van der Waals surface area contributed by atoms with Crippen LogP contribution in [0, 0.1) is 0 Å². The van der Waals surface area contributed by atoms with E-state index in [0.717, 1.165) is 26.9 Å². The summed E-state index contributed by atoms with van der Waals surface area (Å²) < 4.78 is 5.24. The number of carbonyl (C=O) groups excluding carboxylic acids is 1. The molecule has 0 aliphatic rings. The van der Waals surface area contributed by atoms with Crippen molar-refractivity contribution >= 4 is 44.1 Å². The van der Waals surface area contributed by atoms with Gasteiger partial charge in [0.1, 0.15) is 15.5 Å². The third-order valence-electron chi connectivity index (χ3n) is 3.97. The predicted octanol–water partition coefficient (Wildman–Crippen LogP) is 3.52. The number of pyridine rings is 1. The summed E-state index contributed by atoms with van der Waals surface area (Å²) in [6.45, 7) is 5.25. The zero-order chi connectivity index (χ0) is 16.6. The molecule has 3 aromatic rings. The lowest BCUT2D eigenvalue weighted by molar-refractivity contribution is 0.0779. The quantitative estimate of drug-likeness (QED) is 0.795. The molecule has 2 aromatic heterocycles. The van der Waals surface area contributed by atoms with E-state index in [9.17, 15) is 4.79 Å². The van der Waals surface area contributed by atoms with E-state index in [0.29, 0.717) is 23.7 Å². The molecule has 0 aliphatic heterocycles. The fourth-order valence-electron chi connectivity index (χ4n) is 2.61. The number of nitrogens with two attached hydrogens (primary N) is 1. The number of thiophene rings is 1. The minimum absolute atomic E-state index is 0.0304. The molecule has 23 heavy (non-hydrogen) atoms. The average molecular weight is 329 g/mol.